The predicted molar refractivity (Wildman–Crippen MR) is 109 cm³/mol. The zero-order valence-electron chi connectivity index (χ0n) is 15.5. The van der Waals surface area contributed by atoms with Gasteiger partial charge in [-0.05, 0) is 46.5 Å². The van der Waals surface area contributed by atoms with Gasteiger partial charge in [0.2, 0.25) is 0 Å². The van der Waals surface area contributed by atoms with E-state index in [4.69, 9.17) is 22.8 Å². The van der Waals surface area contributed by atoms with E-state index in [1.165, 1.54) is 11.8 Å². The van der Waals surface area contributed by atoms with Gasteiger partial charge in [0.05, 0.1) is 10.1 Å². The molecule has 8 heteroatoms. The largest absolute Gasteiger partial charge is 0.367 e. The lowest BCUT2D eigenvalue weighted by Gasteiger charge is -2.32. The number of nitrogens with zero attached hydrogens (tertiary/aromatic N) is 2. The monoisotopic (exact) mass is 380 g/mol. The molecule has 0 aromatic rings. The van der Waals surface area contributed by atoms with E-state index < -0.39 is 6.29 Å². The van der Waals surface area contributed by atoms with Gasteiger partial charge in [-0.1, -0.05) is 20.3 Å². The molecule has 0 fully saturated rings. The van der Waals surface area contributed by atoms with Crippen LogP contribution >= 0.6 is 24.4 Å². The standard InChI is InChI=1S/C16H36N4O2S2/c1-6-8-10-18-15(17-5)20(7-2)11-9-16(4,23)19-12-24-13(3)14(21)22/h13-15,18-19,21-23H,5-12H2,1-4H3/t13-,15?,16?/m0/s1. The number of hydrogen-bond acceptors (Lipinski definition) is 8. The summed E-state index contributed by atoms with van der Waals surface area (Å²) in [5, 5.41) is 24.7. The zero-order chi connectivity index (χ0) is 18.6. The Morgan fingerprint density at radius 2 is 2.04 bits per heavy atom. The maximum atomic E-state index is 9.09. The highest BCUT2D eigenvalue weighted by Crippen LogP contribution is 2.19. The van der Waals surface area contributed by atoms with Gasteiger partial charge in [-0.3, -0.25) is 20.5 Å². The molecule has 0 aliphatic heterocycles. The van der Waals surface area contributed by atoms with Gasteiger partial charge in [-0.2, -0.15) is 12.6 Å². The Hall–Kier alpha value is 0.170. The minimum Gasteiger partial charge on any atom is -0.367 e. The Bertz CT molecular complexity index is 333. The molecule has 0 aliphatic carbocycles. The molecule has 0 aromatic heterocycles. The maximum Gasteiger partial charge on any atom is 0.163 e. The van der Waals surface area contributed by atoms with Crippen LogP contribution in [0.25, 0.3) is 0 Å². The zero-order valence-corrected chi connectivity index (χ0v) is 17.2. The van der Waals surface area contributed by atoms with E-state index in [1.54, 1.807) is 6.92 Å². The molecule has 24 heavy (non-hydrogen) atoms. The fourth-order valence-corrected chi connectivity index (χ4v) is 3.16. The molecular formula is C16H36N4O2S2. The van der Waals surface area contributed by atoms with Gasteiger partial charge < -0.3 is 10.2 Å². The van der Waals surface area contributed by atoms with Crippen LogP contribution in [-0.4, -0.2) is 70.0 Å². The Morgan fingerprint density at radius 3 is 2.54 bits per heavy atom. The van der Waals surface area contributed by atoms with Crippen molar-refractivity contribution in [2.24, 2.45) is 4.99 Å². The quantitative estimate of drug-likeness (QED) is 0.129. The third kappa shape index (κ3) is 10.9. The molecule has 0 aliphatic rings. The molecule has 3 atom stereocenters. The molecule has 2 unspecified atom stereocenters. The summed E-state index contributed by atoms with van der Waals surface area (Å²) >= 11 is 6.16. The van der Waals surface area contributed by atoms with Crippen LogP contribution in [0.4, 0.5) is 0 Å². The van der Waals surface area contributed by atoms with Gasteiger partial charge in [0.15, 0.2) is 12.6 Å². The van der Waals surface area contributed by atoms with Gasteiger partial charge >= 0.3 is 0 Å². The smallest absolute Gasteiger partial charge is 0.163 e. The highest BCUT2D eigenvalue weighted by Gasteiger charge is 2.22. The molecule has 0 rings (SSSR count). The number of thiol groups is 1. The first kappa shape index (κ1) is 24.2. The Balaban J connectivity index is 4.29. The minimum atomic E-state index is -1.30. The molecule has 0 radical (unpaired) electrons. The summed E-state index contributed by atoms with van der Waals surface area (Å²) in [4.78, 5) is 6.10. The fraction of sp³-hybridized carbons (Fsp3) is 0.938. The average molecular weight is 381 g/mol. The lowest BCUT2D eigenvalue weighted by Crippen LogP contribution is -2.48. The van der Waals surface area contributed by atoms with Crippen molar-refractivity contribution >= 4 is 31.1 Å². The molecule has 0 spiro atoms. The van der Waals surface area contributed by atoms with Crippen LogP contribution in [0.5, 0.6) is 0 Å². The van der Waals surface area contributed by atoms with Gasteiger partial charge in [0, 0.05) is 12.4 Å². The number of unbranched alkanes of at least 4 members (excludes halogenated alkanes) is 1. The van der Waals surface area contributed by atoms with Gasteiger partial charge in [0.1, 0.15) is 0 Å². The molecule has 0 aromatic carbocycles. The molecule has 4 N–H and O–H groups in total. The number of aliphatic hydroxyl groups is 2. The van der Waals surface area contributed by atoms with Crippen molar-refractivity contribution in [3.63, 3.8) is 0 Å². The van der Waals surface area contributed by atoms with E-state index in [0.717, 1.165) is 38.9 Å². The lowest BCUT2D eigenvalue weighted by molar-refractivity contribution is -0.0367. The summed E-state index contributed by atoms with van der Waals surface area (Å²) in [7, 11) is 0. The van der Waals surface area contributed by atoms with E-state index in [1.807, 2.05) is 6.92 Å². The van der Waals surface area contributed by atoms with Crippen LogP contribution < -0.4 is 10.6 Å². The summed E-state index contributed by atoms with van der Waals surface area (Å²) < 4.78 is 0. The van der Waals surface area contributed by atoms with Crippen LogP contribution in [0.15, 0.2) is 4.99 Å². The summed E-state index contributed by atoms with van der Waals surface area (Å²) in [6, 6.07) is 0. The minimum absolute atomic E-state index is 0.0652. The summed E-state index contributed by atoms with van der Waals surface area (Å²) in [6.07, 6.45) is 1.75. The normalized spacial score (nSPS) is 17.0. The van der Waals surface area contributed by atoms with Crippen LogP contribution in [0.1, 0.15) is 47.0 Å². The van der Waals surface area contributed by atoms with Gasteiger partial charge in [0.25, 0.3) is 0 Å². The Labute approximate surface area is 157 Å². The molecule has 6 nitrogen and oxygen atoms in total. The number of rotatable bonds is 15. The Morgan fingerprint density at radius 1 is 1.38 bits per heavy atom. The summed E-state index contributed by atoms with van der Waals surface area (Å²) in [6.45, 7) is 14.5. The van der Waals surface area contributed by atoms with Crippen molar-refractivity contribution in [3.8, 4) is 0 Å². The summed E-state index contributed by atoms with van der Waals surface area (Å²) in [5.74, 6) is 0.614. The van der Waals surface area contributed by atoms with Gasteiger partial charge in [-0.15, -0.1) is 11.8 Å². The highest BCUT2D eigenvalue weighted by atomic mass is 32.2. The van der Waals surface area contributed by atoms with Crippen LogP contribution in [0, 0.1) is 0 Å². The third-order valence-corrected chi connectivity index (χ3v) is 5.35. The predicted octanol–water partition coefficient (Wildman–Crippen LogP) is 1.70. The molecule has 0 saturated carbocycles. The van der Waals surface area contributed by atoms with Crippen molar-refractivity contribution in [3.05, 3.63) is 0 Å². The van der Waals surface area contributed by atoms with Crippen molar-refractivity contribution in [2.75, 3.05) is 25.5 Å². The average Bonchev–Trinajstić information content (AvgIpc) is 2.53. The SMILES string of the molecule is C=NC(NCCCC)N(CC)CCC(C)(S)NCS[C@@H](C)C(O)O. The molecule has 0 bridgehead atoms. The Kier molecular flexibility index (Phi) is 13.5. The first-order chi connectivity index (χ1) is 11.3. The van der Waals surface area contributed by atoms with Crippen molar-refractivity contribution < 1.29 is 10.2 Å². The van der Waals surface area contributed by atoms with Gasteiger partial charge in [-0.25, -0.2) is 0 Å². The number of aliphatic imine (C=N–C) groups is 1. The maximum absolute atomic E-state index is 9.09. The number of aliphatic hydroxyl groups excluding tert-OH is 1. The first-order valence-corrected chi connectivity index (χ1v) is 10.1. The van der Waals surface area contributed by atoms with E-state index in [9.17, 15) is 0 Å². The second-order valence-corrected chi connectivity index (χ2v) is 8.48. The van der Waals surface area contributed by atoms with E-state index in [-0.39, 0.29) is 16.4 Å². The molecular weight excluding hydrogens is 344 g/mol. The van der Waals surface area contributed by atoms with E-state index in [2.05, 4.69) is 41.1 Å². The number of nitrogens with one attached hydrogen (secondary N) is 2. The molecule has 0 saturated heterocycles. The van der Waals surface area contributed by atoms with Crippen molar-refractivity contribution in [2.45, 2.75) is 69.7 Å². The van der Waals surface area contributed by atoms with Crippen molar-refractivity contribution in [1.29, 1.82) is 0 Å². The summed E-state index contributed by atoms with van der Waals surface area (Å²) in [5.41, 5.74) is 0. The highest BCUT2D eigenvalue weighted by molar-refractivity contribution is 7.99. The lowest BCUT2D eigenvalue weighted by atomic mass is 10.2. The number of thioether (sulfide) groups is 1. The third-order valence-electron chi connectivity index (χ3n) is 3.89. The fourth-order valence-electron chi connectivity index (χ4n) is 2.03. The second kappa shape index (κ2) is 13.4. The molecule has 144 valence electrons. The van der Waals surface area contributed by atoms with Crippen LogP contribution in [-0.2, 0) is 0 Å². The van der Waals surface area contributed by atoms with E-state index in [0.29, 0.717) is 5.88 Å². The molecule has 0 heterocycles. The molecule has 0 amide bonds. The number of hydrogen-bond donors (Lipinski definition) is 5. The van der Waals surface area contributed by atoms with E-state index >= 15 is 0 Å². The van der Waals surface area contributed by atoms with Crippen LogP contribution in [0.2, 0.25) is 0 Å². The second-order valence-electron chi connectivity index (χ2n) is 6.12. The topological polar surface area (TPSA) is 80.1 Å². The first-order valence-electron chi connectivity index (χ1n) is 8.65. The van der Waals surface area contributed by atoms with Crippen LogP contribution in [0.3, 0.4) is 0 Å². The van der Waals surface area contributed by atoms with Crippen molar-refractivity contribution in [1.82, 2.24) is 15.5 Å².